The molecule has 0 spiro atoms. The van der Waals surface area contributed by atoms with E-state index in [0.29, 0.717) is 5.02 Å². The summed E-state index contributed by atoms with van der Waals surface area (Å²) >= 11 is 12.2. The van der Waals surface area contributed by atoms with Crippen molar-refractivity contribution in [2.45, 2.75) is 32.7 Å². The Kier molecular flexibility index (Phi) is 6.44. The second-order valence-electron chi connectivity index (χ2n) is 3.74. The smallest absolute Gasteiger partial charge is 0.0454 e. The van der Waals surface area contributed by atoms with Crippen LogP contribution in [0.1, 0.15) is 38.3 Å². The largest absolute Gasteiger partial charge is 0.310 e. The summed E-state index contributed by atoms with van der Waals surface area (Å²) in [6, 6.07) is 5.79. The maximum Gasteiger partial charge on any atom is 0.0454 e. The minimum absolute atomic E-state index is 0.215. The van der Waals surface area contributed by atoms with E-state index in [0.717, 1.165) is 30.0 Å². The number of nitrogens with one attached hydrogen (secondary N) is 1. The Morgan fingerprint density at radius 1 is 1.35 bits per heavy atom. The highest BCUT2D eigenvalue weighted by atomic mass is 35.5. The van der Waals surface area contributed by atoms with Gasteiger partial charge in [-0.3, -0.25) is 0 Å². The summed E-state index contributed by atoms with van der Waals surface area (Å²) in [5.74, 6) is 5.98. The van der Waals surface area contributed by atoms with Crippen molar-refractivity contribution in [2.24, 2.45) is 0 Å². The van der Waals surface area contributed by atoms with Gasteiger partial charge in [-0.25, -0.2) is 0 Å². The number of benzene rings is 1. The monoisotopic (exact) mass is 269 g/mol. The number of hydrogen-bond donors (Lipinski definition) is 1. The highest BCUT2D eigenvalue weighted by Crippen LogP contribution is 2.28. The van der Waals surface area contributed by atoms with Gasteiger partial charge in [0.05, 0.1) is 0 Å². The summed E-state index contributed by atoms with van der Waals surface area (Å²) in [6.45, 7) is 4.83. The maximum absolute atomic E-state index is 6.20. The first kappa shape index (κ1) is 14.4. The van der Waals surface area contributed by atoms with Crippen LogP contribution < -0.4 is 5.32 Å². The average Bonchev–Trinajstić information content (AvgIpc) is 2.32. The highest BCUT2D eigenvalue weighted by molar-refractivity contribution is 6.33. The molecule has 1 atom stereocenters. The van der Waals surface area contributed by atoms with Crippen molar-refractivity contribution in [1.29, 1.82) is 0 Å². The van der Waals surface area contributed by atoms with Crippen LogP contribution in [0.25, 0.3) is 0 Å². The molecule has 0 radical (unpaired) electrons. The van der Waals surface area contributed by atoms with E-state index in [2.05, 4.69) is 24.1 Å². The first-order chi connectivity index (χ1) is 8.19. The predicted molar refractivity (Wildman–Crippen MR) is 75.6 cm³/mol. The minimum atomic E-state index is 0.215. The fourth-order valence-corrected chi connectivity index (χ4v) is 2.17. The maximum atomic E-state index is 6.20. The molecule has 1 aromatic rings. The van der Waals surface area contributed by atoms with Gasteiger partial charge in [-0.1, -0.05) is 30.1 Å². The predicted octanol–water partition coefficient (Wildman–Crippen LogP) is 4.45. The summed E-state index contributed by atoms with van der Waals surface area (Å²) in [5, 5.41) is 4.89. The van der Waals surface area contributed by atoms with E-state index >= 15 is 0 Å². The lowest BCUT2D eigenvalue weighted by molar-refractivity contribution is 0.523. The third kappa shape index (κ3) is 4.60. The van der Waals surface area contributed by atoms with Crippen LogP contribution in [-0.4, -0.2) is 6.54 Å². The van der Waals surface area contributed by atoms with E-state index in [4.69, 9.17) is 23.2 Å². The molecule has 3 heteroatoms. The fraction of sp³-hybridized carbons (Fsp3) is 0.429. The molecule has 1 N–H and O–H groups in total. The molecule has 0 aliphatic heterocycles. The van der Waals surface area contributed by atoms with Crippen LogP contribution in [0, 0.1) is 11.8 Å². The molecule has 0 aromatic heterocycles. The van der Waals surface area contributed by atoms with Crippen LogP contribution in [0.2, 0.25) is 10.0 Å². The number of rotatable bonds is 5. The normalized spacial score (nSPS) is 11.8. The lowest BCUT2D eigenvalue weighted by Gasteiger charge is -2.18. The quantitative estimate of drug-likeness (QED) is 0.779. The number of hydrogen-bond acceptors (Lipinski definition) is 1. The van der Waals surface area contributed by atoms with Crippen LogP contribution in [0.4, 0.5) is 0 Å². The first-order valence-electron chi connectivity index (χ1n) is 5.77. The second kappa shape index (κ2) is 7.61. The van der Waals surface area contributed by atoms with Gasteiger partial charge in [-0.05, 0) is 43.7 Å². The van der Waals surface area contributed by atoms with Crippen molar-refractivity contribution in [3.63, 3.8) is 0 Å². The zero-order valence-corrected chi connectivity index (χ0v) is 11.7. The molecule has 0 amide bonds. The van der Waals surface area contributed by atoms with E-state index in [1.807, 2.05) is 25.1 Å². The second-order valence-corrected chi connectivity index (χ2v) is 4.59. The molecule has 1 rings (SSSR count). The van der Waals surface area contributed by atoms with Gasteiger partial charge < -0.3 is 5.32 Å². The molecular formula is C14H17Cl2N. The molecule has 0 fully saturated rings. The van der Waals surface area contributed by atoms with Gasteiger partial charge in [-0.15, -0.1) is 11.8 Å². The summed E-state index contributed by atoms with van der Waals surface area (Å²) in [6.07, 6.45) is 1.80. The van der Waals surface area contributed by atoms with Gasteiger partial charge in [0.1, 0.15) is 0 Å². The molecule has 0 saturated carbocycles. The Bertz CT molecular complexity index is 418. The SMILES string of the molecule is CC#CCCC(NCC)c1cc(Cl)ccc1Cl. The van der Waals surface area contributed by atoms with E-state index in [9.17, 15) is 0 Å². The molecule has 1 nitrogen and oxygen atoms in total. The number of halogens is 2. The van der Waals surface area contributed by atoms with Gasteiger partial charge in [-0.2, -0.15) is 0 Å². The Morgan fingerprint density at radius 3 is 2.76 bits per heavy atom. The fourth-order valence-electron chi connectivity index (χ4n) is 1.74. The lowest BCUT2D eigenvalue weighted by Crippen LogP contribution is -2.21. The van der Waals surface area contributed by atoms with Crippen molar-refractivity contribution < 1.29 is 0 Å². The van der Waals surface area contributed by atoms with Gasteiger partial charge in [0.25, 0.3) is 0 Å². The molecule has 0 bridgehead atoms. The standard InChI is InChI=1S/C14H17Cl2N/c1-3-5-6-7-14(17-4-2)12-10-11(15)8-9-13(12)16/h8-10,14,17H,4,6-7H2,1-2H3. The molecule has 17 heavy (non-hydrogen) atoms. The van der Waals surface area contributed by atoms with Crippen LogP contribution in [0.3, 0.4) is 0 Å². The van der Waals surface area contributed by atoms with Crippen LogP contribution in [-0.2, 0) is 0 Å². The van der Waals surface area contributed by atoms with E-state index in [1.54, 1.807) is 0 Å². The summed E-state index contributed by atoms with van der Waals surface area (Å²) in [4.78, 5) is 0. The summed E-state index contributed by atoms with van der Waals surface area (Å²) in [5.41, 5.74) is 1.05. The van der Waals surface area contributed by atoms with E-state index in [1.165, 1.54) is 0 Å². The van der Waals surface area contributed by atoms with Gasteiger partial charge >= 0.3 is 0 Å². The minimum Gasteiger partial charge on any atom is -0.310 e. The Hall–Kier alpha value is -0.680. The molecular weight excluding hydrogens is 253 g/mol. The Labute approximate surface area is 114 Å². The average molecular weight is 270 g/mol. The summed E-state index contributed by atoms with van der Waals surface area (Å²) in [7, 11) is 0. The van der Waals surface area contributed by atoms with Crippen molar-refractivity contribution in [3.8, 4) is 11.8 Å². The molecule has 0 heterocycles. The van der Waals surface area contributed by atoms with Gasteiger partial charge in [0, 0.05) is 22.5 Å². The Balaban J connectivity index is 2.86. The van der Waals surface area contributed by atoms with Crippen molar-refractivity contribution >= 4 is 23.2 Å². The third-order valence-corrected chi connectivity index (χ3v) is 3.10. The van der Waals surface area contributed by atoms with Crippen molar-refractivity contribution in [1.82, 2.24) is 5.32 Å². The van der Waals surface area contributed by atoms with Crippen LogP contribution in [0.15, 0.2) is 18.2 Å². The molecule has 1 unspecified atom stereocenters. The third-order valence-electron chi connectivity index (χ3n) is 2.52. The molecule has 0 aliphatic rings. The first-order valence-corrected chi connectivity index (χ1v) is 6.52. The van der Waals surface area contributed by atoms with Gasteiger partial charge in [0.15, 0.2) is 0 Å². The summed E-state index contributed by atoms with van der Waals surface area (Å²) < 4.78 is 0. The lowest BCUT2D eigenvalue weighted by atomic mass is 10.0. The van der Waals surface area contributed by atoms with Crippen molar-refractivity contribution in [2.75, 3.05) is 6.54 Å². The Morgan fingerprint density at radius 2 is 2.12 bits per heavy atom. The molecule has 0 saturated heterocycles. The van der Waals surface area contributed by atoms with E-state index < -0.39 is 0 Å². The molecule has 1 aromatic carbocycles. The van der Waals surface area contributed by atoms with Gasteiger partial charge in [0.2, 0.25) is 0 Å². The highest BCUT2D eigenvalue weighted by Gasteiger charge is 2.13. The van der Waals surface area contributed by atoms with Crippen molar-refractivity contribution in [3.05, 3.63) is 33.8 Å². The zero-order valence-electron chi connectivity index (χ0n) is 10.2. The molecule has 92 valence electrons. The van der Waals surface area contributed by atoms with E-state index in [-0.39, 0.29) is 6.04 Å². The zero-order chi connectivity index (χ0) is 12.7. The topological polar surface area (TPSA) is 12.0 Å². The van der Waals surface area contributed by atoms with Crippen LogP contribution >= 0.6 is 23.2 Å². The molecule has 0 aliphatic carbocycles. The van der Waals surface area contributed by atoms with Crippen LogP contribution in [0.5, 0.6) is 0 Å².